The number of aryl methyl sites for hydroxylation is 2. The molecule has 39 heavy (non-hydrogen) atoms. The van der Waals surface area contributed by atoms with Crippen molar-refractivity contribution in [3.8, 4) is 0 Å². The summed E-state index contributed by atoms with van der Waals surface area (Å²) >= 11 is 0. The van der Waals surface area contributed by atoms with Crippen LogP contribution in [0.3, 0.4) is 0 Å². The molecule has 2 aliphatic rings. The minimum atomic E-state index is -2.60. The Hall–Kier alpha value is -3.38. The van der Waals surface area contributed by atoms with Gasteiger partial charge in [0.1, 0.15) is 0 Å². The molecule has 5 rings (SSSR count). The van der Waals surface area contributed by atoms with Crippen molar-refractivity contribution in [1.82, 2.24) is 4.90 Å². The number of benzene rings is 3. The molecule has 3 aromatic carbocycles. The molecule has 1 aliphatic heterocycles. The third kappa shape index (κ3) is 5.81. The first kappa shape index (κ1) is 27.2. The van der Waals surface area contributed by atoms with Crippen molar-refractivity contribution in [2.45, 2.75) is 45.5 Å². The molecular formula is C33H34F3NO2. The third-order valence-electron chi connectivity index (χ3n) is 8.05. The molecule has 1 N–H and O–H groups in total. The number of fused-ring (bicyclic) bond motifs is 1. The lowest BCUT2D eigenvalue weighted by molar-refractivity contribution is 0.0696. The second-order valence-corrected chi connectivity index (χ2v) is 10.8. The Kier molecular flexibility index (Phi) is 8.22. The second kappa shape index (κ2) is 11.8. The molecule has 1 fully saturated rings. The van der Waals surface area contributed by atoms with Gasteiger partial charge in [-0.1, -0.05) is 48.5 Å². The summed E-state index contributed by atoms with van der Waals surface area (Å²) in [7, 11) is 0. The number of rotatable bonds is 9. The van der Waals surface area contributed by atoms with Gasteiger partial charge in [-0.3, -0.25) is 4.39 Å². The minimum Gasteiger partial charge on any atom is -0.478 e. The first-order chi connectivity index (χ1) is 18.9. The van der Waals surface area contributed by atoms with E-state index in [0.717, 1.165) is 65.9 Å². The maximum Gasteiger partial charge on any atom is 0.335 e. The van der Waals surface area contributed by atoms with E-state index >= 15 is 0 Å². The molecule has 0 saturated carbocycles. The molecule has 3 aromatic rings. The van der Waals surface area contributed by atoms with Crippen LogP contribution < -0.4 is 0 Å². The Labute approximate surface area is 228 Å². The Morgan fingerprint density at radius 1 is 1.05 bits per heavy atom. The maximum absolute atomic E-state index is 14.2. The van der Waals surface area contributed by atoms with E-state index in [4.69, 9.17) is 0 Å². The number of allylic oxidation sites excluding steroid dienone is 1. The predicted molar refractivity (Wildman–Crippen MR) is 149 cm³/mol. The van der Waals surface area contributed by atoms with Crippen LogP contribution in [0.2, 0.25) is 0 Å². The molecule has 0 bridgehead atoms. The largest absolute Gasteiger partial charge is 0.478 e. The molecule has 0 amide bonds. The van der Waals surface area contributed by atoms with Crippen molar-refractivity contribution < 1.29 is 23.1 Å². The maximum atomic E-state index is 14.2. The van der Waals surface area contributed by atoms with E-state index < -0.39 is 12.4 Å². The summed E-state index contributed by atoms with van der Waals surface area (Å²) in [5.41, 5.74) is 7.48. The van der Waals surface area contributed by atoms with Gasteiger partial charge >= 0.3 is 5.97 Å². The SMILES string of the molecule is Cc1cccc(C(F)F)c1C1=C(c2ccc(CC3CN(CCCF)C3)cc2)c2ccc(C(=O)O)cc2CCC1. The highest BCUT2D eigenvalue weighted by Gasteiger charge is 2.27. The molecule has 1 aliphatic carbocycles. The average Bonchev–Trinajstić information content (AvgIpc) is 3.09. The number of hydrogen-bond donors (Lipinski definition) is 1. The van der Waals surface area contributed by atoms with Gasteiger partial charge in [-0.15, -0.1) is 0 Å². The Morgan fingerprint density at radius 3 is 2.51 bits per heavy atom. The van der Waals surface area contributed by atoms with Crippen LogP contribution in [-0.4, -0.2) is 42.3 Å². The zero-order chi connectivity index (χ0) is 27.5. The molecule has 0 atom stereocenters. The van der Waals surface area contributed by atoms with Crippen LogP contribution in [0.25, 0.3) is 11.1 Å². The number of hydrogen-bond acceptors (Lipinski definition) is 2. The lowest BCUT2D eigenvalue weighted by atomic mass is 9.83. The van der Waals surface area contributed by atoms with E-state index in [1.54, 1.807) is 18.2 Å². The number of halogens is 3. The molecule has 0 aromatic heterocycles. The molecule has 1 saturated heterocycles. The zero-order valence-corrected chi connectivity index (χ0v) is 22.2. The standard InChI is InChI=1S/C33H34F3NO2/c1-21-5-2-8-29(32(35)36)30(21)28-7-3-6-25-18-26(33(38)39)13-14-27(25)31(28)24-11-9-22(10-12-24)17-23-19-37(20-23)16-4-15-34/h2,5,8-14,18,23,32H,3-4,6-7,15-17,19-20H2,1H3,(H,38,39). The van der Waals surface area contributed by atoms with Gasteiger partial charge in [-0.25, -0.2) is 13.6 Å². The molecule has 204 valence electrons. The summed E-state index contributed by atoms with van der Waals surface area (Å²) in [6, 6.07) is 18.6. The van der Waals surface area contributed by atoms with E-state index in [0.29, 0.717) is 30.7 Å². The molecule has 0 spiro atoms. The molecule has 6 heteroatoms. The normalized spacial score (nSPS) is 16.2. The predicted octanol–water partition coefficient (Wildman–Crippen LogP) is 7.76. The van der Waals surface area contributed by atoms with E-state index in [1.807, 2.05) is 19.1 Å². The van der Waals surface area contributed by atoms with Gasteiger partial charge in [0.15, 0.2) is 0 Å². The number of carboxylic acid groups (broad SMARTS) is 1. The van der Waals surface area contributed by atoms with Crippen LogP contribution in [0.4, 0.5) is 13.2 Å². The van der Waals surface area contributed by atoms with Crippen LogP contribution >= 0.6 is 0 Å². The summed E-state index contributed by atoms with van der Waals surface area (Å²) < 4.78 is 40.9. The van der Waals surface area contributed by atoms with Crippen LogP contribution in [0.15, 0.2) is 60.7 Å². The van der Waals surface area contributed by atoms with Gasteiger partial charge in [-0.2, -0.15) is 0 Å². The highest BCUT2D eigenvalue weighted by Crippen LogP contribution is 2.43. The number of carboxylic acids is 1. The second-order valence-electron chi connectivity index (χ2n) is 10.8. The van der Waals surface area contributed by atoms with Crippen LogP contribution in [0.5, 0.6) is 0 Å². The monoisotopic (exact) mass is 533 g/mol. The Morgan fingerprint density at radius 2 is 1.82 bits per heavy atom. The summed E-state index contributed by atoms with van der Waals surface area (Å²) in [4.78, 5) is 14.0. The number of carbonyl (C=O) groups is 1. The molecular weight excluding hydrogens is 499 g/mol. The molecule has 1 heterocycles. The number of aromatic carboxylic acids is 1. The van der Waals surface area contributed by atoms with Crippen LogP contribution in [-0.2, 0) is 12.8 Å². The fourth-order valence-corrected chi connectivity index (χ4v) is 6.20. The van der Waals surface area contributed by atoms with Gasteiger partial charge in [0.2, 0.25) is 0 Å². The first-order valence-electron chi connectivity index (χ1n) is 13.7. The molecule has 3 nitrogen and oxygen atoms in total. The van der Waals surface area contributed by atoms with Gasteiger partial charge in [0, 0.05) is 25.2 Å². The fraction of sp³-hybridized carbons (Fsp3) is 0.364. The van der Waals surface area contributed by atoms with Gasteiger partial charge in [-0.05, 0) is 102 Å². The number of nitrogens with zero attached hydrogens (tertiary/aromatic N) is 1. The Balaban J connectivity index is 1.56. The van der Waals surface area contributed by atoms with E-state index in [2.05, 4.69) is 29.2 Å². The van der Waals surface area contributed by atoms with Crippen molar-refractivity contribution in [2.75, 3.05) is 26.3 Å². The summed E-state index contributed by atoms with van der Waals surface area (Å²) in [5, 5.41) is 9.57. The quantitative estimate of drug-likeness (QED) is 0.306. The van der Waals surface area contributed by atoms with Crippen molar-refractivity contribution >= 4 is 17.1 Å². The average molecular weight is 534 g/mol. The first-order valence-corrected chi connectivity index (χ1v) is 13.7. The number of alkyl halides is 3. The fourth-order valence-electron chi connectivity index (χ4n) is 6.20. The van der Waals surface area contributed by atoms with Crippen molar-refractivity contribution in [2.24, 2.45) is 5.92 Å². The van der Waals surface area contributed by atoms with Crippen molar-refractivity contribution in [3.63, 3.8) is 0 Å². The molecule has 0 radical (unpaired) electrons. The molecule has 0 unspecified atom stereocenters. The van der Waals surface area contributed by atoms with Gasteiger partial charge in [0.25, 0.3) is 6.43 Å². The van der Waals surface area contributed by atoms with E-state index in [9.17, 15) is 23.1 Å². The van der Waals surface area contributed by atoms with E-state index in [-0.39, 0.29) is 17.8 Å². The summed E-state index contributed by atoms with van der Waals surface area (Å²) in [6.07, 6.45) is 0.977. The summed E-state index contributed by atoms with van der Waals surface area (Å²) in [6.45, 7) is 4.39. The Bertz CT molecular complexity index is 1370. The highest BCUT2D eigenvalue weighted by molar-refractivity contribution is 6.01. The van der Waals surface area contributed by atoms with Crippen molar-refractivity contribution in [3.05, 3.63) is 105 Å². The van der Waals surface area contributed by atoms with E-state index in [1.165, 1.54) is 11.6 Å². The topological polar surface area (TPSA) is 40.5 Å². The van der Waals surface area contributed by atoms with Crippen LogP contribution in [0.1, 0.15) is 75.0 Å². The minimum absolute atomic E-state index is 0.0343. The zero-order valence-electron chi connectivity index (χ0n) is 22.2. The van der Waals surface area contributed by atoms with Gasteiger partial charge in [0.05, 0.1) is 12.2 Å². The van der Waals surface area contributed by atoms with Crippen LogP contribution in [0, 0.1) is 12.8 Å². The van der Waals surface area contributed by atoms with Gasteiger partial charge < -0.3 is 10.0 Å². The smallest absolute Gasteiger partial charge is 0.335 e. The third-order valence-corrected chi connectivity index (χ3v) is 8.05. The lowest BCUT2D eigenvalue weighted by Crippen LogP contribution is -2.47. The number of likely N-dealkylation sites (tertiary alicyclic amines) is 1. The summed E-state index contributed by atoms with van der Waals surface area (Å²) in [5.74, 6) is -0.422. The van der Waals surface area contributed by atoms with Crippen molar-refractivity contribution in [1.29, 1.82) is 0 Å². The highest BCUT2D eigenvalue weighted by atomic mass is 19.3. The lowest BCUT2D eigenvalue weighted by Gasteiger charge is -2.39.